The van der Waals surface area contributed by atoms with Crippen molar-refractivity contribution < 1.29 is 19.4 Å². The molecule has 0 radical (unpaired) electrons. The first-order chi connectivity index (χ1) is 17.8. The van der Waals surface area contributed by atoms with Gasteiger partial charge in [0.05, 0.1) is 6.10 Å². The Morgan fingerprint density at radius 3 is 2.37 bits per heavy atom. The summed E-state index contributed by atoms with van der Waals surface area (Å²) in [6.07, 6.45) is 5.41. The number of esters is 1. The van der Waals surface area contributed by atoms with Gasteiger partial charge in [0.2, 0.25) is 0 Å². The van der Waals surface area contributed by atoms with Crippen LogP contribution >= 0.6 is 0 Å². The molecule has 38 heavy (non-hydrogen) atoms. The zero-order chi connectivity index (χ0) is 27.6. The second kappa shape index (κ2) is 9.59. The lowest BCUT2D eigenvalue weighted by Gasteiger charge is -2.69. The van der Waals surface area contributed by atoms with Crippen LogP contribution in [0, 0.1) is 39.9 Å². The number of allylic oxidation sites excluding steroid dienone is 1. The van der Waals surface area contributed by atoms with E-state index in [1.807, 2.05) is 18.2 Å². The molecule has 5 heteroatoms. The van der Waals surface area contributed by atoms with E-state index >= 15 is 0 Å². The topological polar surface area (TPSA) is 89.6 Å². The van der Waals surface area contributed by atoms with Crippen molar-refractivity contribution in [2.45, 2.75) is 105 Å². The Hall–Kier alpha value is -1.98. The van der Waals surface area contributed by atoms with Crippen molar-refractivity contribution in [2.24, 2.45) is 45.7 Å². The molecule has 0 spiro atoms. The second-order valence-electron chi connectivity index (χ2n) is 13.8. The predicted molar refractivity (Wildman–Crippen MR) is 149 cm³/mol. The van der Waals surface area contributed by atoms with Crippen LogP contribution in [0.5, 0.6) is 0 Å². The minimum Gasteiger partial charge on any atom is -0.458 e. The molecule has 1 aromatic rings. The summed E-state index contributed by atoms with van der Waals surface area (Å²) in [5.41, 5.74) is 9.99. The predicted octanol–water partition coefficient (Wildman–Crippen LogP) is 5.63. The van der Waals surface area contributed by atoms with Crippen molar-refractivity contribution in [2.75, 3.05) is 0 Å². The molecule has 0 heterocycles. The molecule has 0 unspecified atom stereocenters. The van der Waals surface area contributed by atoms with E-state index in [0.29, 0.717) is 18.3 Å². The van der Waals surface area contributed by atoms with Gasteiger partial charge in [-0.05, 0) is 96.5 Å². The maximum atomic E-state index is 13.2. The Morgan fingerprint density at radius 1 is 1.05 bits per heavy atom. The number of nitrogens with two attached hydrogens (primary N) is 1. The van der Waals surface area contributed by atoms with E-state index in [4.69, 9.17) is 10.5 Å². The molecule has 3 N–H and O–H groups in total. The van der Waals surface area contributed by atoms with Crippen LogP contribution in [0.3, 0.4) is 0 Å². The number of aliphatic hydroxyl groups excluding tert-OH is 1. The minimum atomic E-state index is -0.398. The van der Waals surface area contributed by atoms with Crippen LogP contribution in [0.2, 0.25) is 0 Å². The Balaban J connectivity index is 1.63. The number of fused-ring (bicyclic) bond motifs is 5. The summed E-state index contributed by atoms with van der Waals surface area (Å²) in [5.74, 6) is 0.904. The Kier molecular flexibility index (Phi) is 6.96. The van der Waals surface area contributed by atoms with Crippen LogP contribution in [-0.4, -0.2) is 35.1 Å². The van der Waals surface area contributed by atoms with E-state index in [1.54, 1.807) is 6.92 Å². The van der Waals surface area contributed by atoms with Crippen LogP contribution < -0.4 is 5.73 Å². The average molecular weight is 522 g/mol. The third-order valence-electron chi connectivity index (χ3n) is 12.1. The number of aliphatic hydroxyl groups is 1. The van der Waals surface area contributed by atoms with Crippen LogP contribution in [0.25, 0.3) is 0 Å². The molecule has 5 rings (SSSR count). The van der Waals surface area contributed by atoms with Crippen molar-refractivity contribution in [3.63, 3.8) is 0 Å². The van der Waals surface area contributed by atoms with Gasteiger partial charge in [0.25, 0.3) is 0 Å². The summed E-state index contributed by atoms with van der Waals surface area (Å²) in [7, 11) is 0. The number of rotatable bonds is 4. The Bertz CT molecular complexity index is 1130. The van der Waals surface area contributed by atoms with Gasteiger partial charge in [0, 0.05) is 25.0 Å². The lowest BCUT2D eigenvalue weighted by Crippen LogP contribution is -2.67. The molecule has 0 bridgehead atoms. The van der Waals surface area contributed by atoms with E-state index in [9.17, 15) is 14.7 Å². The SMILES string of the molecule is CC(=O)O[C@H]1C[C@@]2(C)[C@@H](C[C@H](N)[C@H]3[C@@]4(C)CC[C@@H](O)[C@@H](C)[C@@H]4CC[C@@]32C)/C1=C(\Cc1ccccc1)C(C)=O. The van der Waals surface area contributed by atoms with Gasteiger partial charge in [0.15, 0.2) is 5.78 Å². The van der Waals surface area contributed by atoms with Crippen LogP contribution in [0.1, 0.15) is 85.6 Å². The fraction of sp³-hybridized carbons (Fsp3) is 0.697. The molecule has 0 saturated heterocycles. The number of hydrogen-bond donors (Lipinski definition) is 2. The van der Waals surface area contributed by atoms with E-state index in [0.717, 1.165) is 55.2 Å². The number of Topliss-reactive ketones (excluding diaryl/α,β-unsaturated/α-hetero) is 1. The molecule has 0 aromatic heterocycles. The number of carbonyl (C=O) groups is 2. The first-order valence-electron chi connectivity index (χ1n) is 14.7. The summed E-state index contributed by atoms with van der Waals surface area (Å²) in [4.78, 5) is 25.6. The normalized spacial score (nSPS) is 45.4. The third-order valence-corrected chi connectivity index (χ3v) is 12.1. The maximum Gasteiger partial charge on any atom is 0.303 e. The highest BCUT2D eigenvalue weighted by atomic mass is 16.5. The molecule has 208 valence electrons. The van der Waals surface area contributed by atoms with Gasteiger partial charge in [-0.2, -0.15) is 0 Å². The average Bonchev–Trinajstić information content (AvgIpc) is 3.12. The zero-order valence-electron chi connectivity index (χ0n) is 24.1. The van der Waals surface area contributed by atoms with Crippen LogP contribution in [0.4, 0.5) is 0 Å². The number of hydrogen-bond acceptors (Lipinski definition) is 5. The number of ketones is 1. The molecule has 10 atom stereocenters. The molecule has 0 amide bonds. The van der Waals surface area contributed by atoms with Crippen molar-refractivity contribution in [1.82, 2.24) is 0 Å². The highest BCUT2D eigenvalue weighted by Gasteiger charge is 2.70. The summed E-state index contributed by atoms with van der Waals surface area (Å²) >= 11 is 0. The lowest BCUT2D eigenvalue weighted by molar-refractivity contribution is -0.204. The highest BCUT2D eigenvalue weighted by molar-refractivity contribution is 5.95. The van der Waals surface area contributed by atoms with Crippen LogP contribution in [-0.2, 0) is 20.7 Å². The number of carbonyl (C=O) groups excluding carboxylic acids is 2. The summed E-state index contributed by atoms with van der Waals surface area (Å²) in [5, 5.41) is 10.7. The van der Waals surface area contributed by atoms with Gasteiger partial charge in [-0.3, -0.25) is 9.59 Å². The number of benzene rings is 1. The molecule has 1 aromatic carbocycles. The zero-order valence-corrected chi connectivity index (χ0v) is 24.1. The standard InChI is InChI=1S/C33H47NO4/c1-19-24-12-15-32(5)30(31(24,4)14-13-27(19)37)26(34)17-25-29(28(38-21(3)36)18-33(25,32)6)23(20(2)35)16-22-10-8-7-9-11-22/h7-11,19,24-28,30,37H,12-18,34H2,1-6H3/b29-23-/t19-,24-,25-,26-,27+,28-,30-,31-,32-,33-/m0/s1. The van der Waals surface area contributed by atoms with Gasteiger partial charge >= 0.3 is 5.97 Å². The largest absolute Gasteiger partial charge is 0.458 e. The number of ether oxygens (including phenoxy) is 1. The molecular formula is C33H47NO4. The van der Waals surface area contributed by atoms with Gasteiger partial charge < -0.3 is 15.6 Å². The summed E-state index contributed by atoms with van der Waals surface area (Å²) in [6, 6.07) is 10.1. The molecule has 4 aliphatic rings. The van der Waals surface area contributed by atoms with Gasteiger partial charge in [-0.1, -0.05) is 58.0 Å². The van der Waals surface area contributed by atoms with Crippen molar-refractivity contribution in [3.8, 4) is 0 Å². The fourth-order valence-electron chi connectivity index (χ4n) is 10.3. The van der Waals surface area contributed by atoms with E-state index in [-0.39, 0.29) is 52.0 Å². The molecule has 4 aliphatic carbocycles. The van der Waals surface area contributed by atoms with Gasteiger partial charge in [0.1, 0.15) is 6.10 Å². The smallest absolute Gasteiger partial charge is 0.303 e. The maximum absolute atomic E-state index is 13.2. The summed E-state index contributed by atoms with van der Waals surface area (Å²) in [6.45, 7) is 12.6. The minimum absolute atomic E-state index is 0.00988. The van der Waals surface area contributed by atoms with E-state index < -0.39 is 6.10 Å². The van der Waals surface area contributed by atoms with Gasteiger partial charge in [-0.25, -0.2) is 0 Å². The quantitative estimate of drug-likeness (QED) is 0.396. The van der Waals surface area contributed by atoms with Gasteiger partial charge in [-0.15, -0.1) is 0 Å². The van der Waals surface area contributed by atoms with E-state index in [2.05, 4.69) is 39.8 Å². The Morgan fingerprint density at radius 2 is 1.74 bits per heavy atom. The lowest BCUT2D eigenvalue weighted by atomic mass is 9.36. The third kappa shape index (κ3) is 4.02. The molecule has 5 nitrogen and oxygen atoms in total. The first kappa shape index (κ1) is 27.6. The fourth-order valence-corrected chi connectivity index (χ4v) is 10.3. The Labute approximate surface area is 228 Å². The van der Waals surface area contributed by atoms with Crippen LogP contribution in [0.15, 0.2) is 41.5 Å². The molecule has 4 fully saturated rings. The molecule has 4 saturated carbocycles. The monoisotopic (exact) mass is 521 g/mol. The van der Waals surface area contributed by atoms with Crippen molar-refractivity contribution >= 4 is 11.8 Å². The van der Waals surface area contributed by atoms with E-state index in [1.165, 1.54) is 6.92 Å². The second-order valence-corrected chi connectivity index (χ2v) is 13.8. The molecular weight excluding hydrogens is 474 g/mol. The first-order valence-corrected chi connectivity index (χ1v) is 14.7. The van der Waals surface area contributed by atoms with Crippen molar-refractivity contribution in [1.29, 1.82) is 0 Å². The summed E-state index contributed by atoms with van der Waals surface area (Å²) < 4.78 is 6.05. The highest BCUT2D eigenvalue weighted by Crippen LogP contribution is 2.74. The van der Waals surface area contributed by atoms with Crippen molar-refractivity contribution in [3.05, 3.63) is 47.0 Å². The molecule has 0 aliphatic heterocycles.